The molecule has 0 N–H and O–H groups in total. The number of ketones is 1. The second-order valence-electron chi connectivity index (χ2n) is 4.76. The molecule has 0 aliphatic carbocycles. The third-order valence-electron chi connectivity index (χ3n) is 3.32. The average molecular weight is 316 g/mol. The first kappa shape index (κ1) is 14.1. The van der Waals surface area contributed by atoms with Gasteiger partial charge in [-0.1, -0.05) is 53.5 Å². The number of benzene rings is 2. The first-order valence-corrected chi connectivity index (χ1v) is 7.20. The first-order valence-electron chi connectivity index (χ1n) is 6.45. The molecule has 2 aromatic carbocycles. The fraction of sp³-hybridized carbons (Fsp3) is 0.0588. The zero-order chi connectivity index (χ0) is 14.8. The number of carbonyl (C=O) groups excluding carboxylic acids is 1. The molecule has 0 atom stereocenters. The number of nitrogens with zero attached hydrogens (tertiary/aromatic N) is 1. The van der Waals surface area contributed by atoms with Gasteiger partial charge in [0.15, 0.2) is 5.78 Å². The Kier molecular flexibility index (Phi) is 3.91. The minimum atomic E-state index is 0.0117. The second kappa shape index (κ2) is 5.84. The van der Waals surface area contributed by atoms with Crippen molar-refractivity contribution in [3.05, 3.63) is 76.0 Å². The van der Waals surface area contributed by atoms with Crippen LogP contribution in [0.25, 0.3) is 10.8 Å². The van der Waals surface area contributed by atoms with Crippen LogP contribution in [0.15, 0.2) is 54.9 Å². The lowest BCUT2D eigenvalue weighted by Crippen LogP contribution is -2.05. The summed E-state index contributed by atoms with van der Waals surface area (Å²) < 4.78 is 0. The van der Waals surface area contributed by atoms with Gasteiger partial charge in [-0.05, 0) is 23.1 Å². The fourth-order valence-electron chi connectivity index (χ4n) is 2.27. The van der Waals surface area contributed by atoms with Crippen molar-refractivity contribution in [1.82, 2.24) is 4.98 Å². The summed E-state index contributed by atoms with van der Waals surface area (Å²) in [5.74, 6) is 0.0117. The van der Waals surface area contributed by atoms with Crippen LogP contribution in [0.2, 0.25) is 10.0 Å². The van der Waals surface area contributed by atoms with E-state index >= 15 is 0 Å². The molecule has 0 saturated carbocycles. The third kappa shape index (κ3) is 2.92. The quantitative estimate of drug-likeness (QED) is 0.639. The van der Waals surface area contributed by atoms with Gasteiger partial charge in [0, 0.05) is 29.8 Å². The molecule has 0 aliphatic rings. The van der Waals surface area contributed by atoms with Crippen molar-refractivity contribution in [1.29, 1.82) is 0 Å². The standard InChI is InChI=1S/C17H11Cl2NO/c18-15-6-5-11(7-16(15)19)8-17(21)14-10-20-9-12-3-1-2-4-13(12)14/h1-7,9-10H,8H2. The van der Waals surface area contributed by atoms with Crippen LogP contribution in [-0.4, -0.2) is 10.8 Å². The summed E-state index contributed by atoms with van der Waals surface area (Å²) in [6, 6.07) is 13.0. The van der Waals surface area contributed by atoms with Crippen molar-refractivity contribution in [2.75, 3.05) is 0 Å². The van der Waals surface area contributed by atoms with Crippen LogP contribution in [0.5, 0.6) is 0 Å². The average Bonchev–Trinajstić information content (AvgIpc) is 2.50. The number of hydrogen-bond donors (Lipinski definition) is 0. The predicted octanol–water partition coefficient (Wildman–Crippen LogP) is 4.97. The van der Waals surface area contributed by atoms with Crippen molar-refractivity contribution >= 4 is 39.8 Å². The van der Waals surface area contributed by atoms with Gasteiger partial charge < -0.3 is 0 Å². The fourth-order valence-corrected chi connectivity index (χ4v) is 2.59. The van der Waals surface area contributed by atoms with E-state index in [4.69, 9.17) is 23.2 Å². The molecular weight excluding hydrogens is 305 g/mol. The highest BCUT2D eigenvalue weighted by atomic mass is 35.5. The van der Waals surface area contributed by atoms with E-state index in [1.54, 1.807) is 24.5 Å². The number of pyridine rings is 1. The minimum Gasteiger partial charge on any atom is -0.294 e. The van der Waals surface area contributed by atoms with E-state index in [0.717, 1.165) is 16.3 Å². The smallest absolute Gasteiger partial charge is 0.169 e. The van der Waals surface area contributed by atoms with E-state index in [1.165, 1.54) is 0 Å². The molecule has 3 aromatic rings. The lowest BCUT2D eigenvalue weighted by Gasteiger charge is -2.06. The Morgan fingerprint density at radius 1 is 1.00 bits per heavy atom. The molecule has 0 amide bonds. The third-order valence-corrected chi connectivity index (χ3v) is 4.06. The van der Waals surface area contributed by atoms with Gasteiger partial charge in [-0.3, -0.25) is 9.78 Å². The number of Topliss-reactive ketones (excluding diaryl/α,β-unsaturated/α-hetero) is 1. The summed E-state index contributed by atoms with van der Waals surface area (Å²) in [5, 5.41) is 2.81. The van der Waals surface area contributed by atoms with E-state index in [1.807, 2.05) is 30.3 Å². The van der Waals surface area contributed by atoms with Gasteiger partial charge in [0.25, 0.3) is 0 Å². The Morgan fingerprint density at radius 3 is 2.62 bits per heavy atom. The van der Waals surface area contributed by atoms with Crippen molar-refractivity contribution in [2.24, 2.45) is 0 Å². The molecule has 0 bridgehead atoms. The summed E-state index contributed by atoms with van der Waals surface area (Å²) in [6.07, 6.45) is 3.64. The number of carbonyl (C=O) groups is 1. The first-order chi connectivity index (χ1) is 10.1. The summed E-state index contributed by atoms with van der Waals surface area (Å²) >= 11 is 11.9. The normalized spacial score (nSPS) is 10.8. The number of rotatable bonds is 3. The SMILES string of the molecule is O=C(Cc1ccc(Cl)c(Cl)c1)c1cncc2ccccc12. The predicted molar refractivity (Wildman–Crippen MR) is 86.2 cm³/mol. The molecule has 0 unspecified atom stereocenters. The molecule has 0 aliphatic heterocycles. The van der Waals surface area contributed by atoms with Gasteiger partial charge in [0.1, 0.15) is 0 Å². The molecule has 3 rings (SSSR count). The lowest BCUT2D eigenvalue weighted by molar-refractivity contribution is 0.0994. The van der Waals surface area contributed by atoms with Crippen molar-refractivity contribution in [2.45, 2.75) is 6.42 Å². The molecule has 1 heterocycles. The molecule has 21 heavy (non-hydrogen) atoms. The Morgan fingerprint density at radius 2 is 1.81 bits per heavy atom. The monoisotopic (exact) mass is 315 g/mol. The summed E-state index contributed by atoms with van der Waals surface area (Å²) in [6.45, 7) is 0. The molecular formula is C17H11Cl2NO. The van der Waals surface area contributed by atoms with Gasteiger partial charge in [0.05, 0.1) is 10.0 Å². The van der Waals surface area contributed by atoms with Crippen LogP contribution in [0.3, 0.4) is 0 Å². The van der Waals surface area contributed by atoms with Crippen molar-refractivity contribution < 1.29 is 4.79 Å². The van der Waals surface area contributed by atoms with Crippen molar-refractivity contribution in [3.8, 4) is 0 Å². The lowest BCUT2D eigenvalue weighted by atomic mass is 10.00. The number of hydrogen-bond acceptors (Lipinski definition) is 2. The largest absolute Gasteiger partial charge is 0.294 e. The van der Waals surface area contributed by atoms with E-state index in [9.17, 15) is 4.79 Å². The molecule has 2 nitrogen and oxygen atoms in total. The van der Waals surface area contributed by atoms with Crippen LogP contribution < -0.4 is 0 Å². The van der Waals surface area contributed by atoms with Crippen LogP contribution in [0.1, 0.15) is 15.9 Å². The Bertz CT molecular complexity index is 825. The Hall–Kier alpha value is -1.90. The highest BCUT2D eigenvalue weighted by Gasteiger charge is 2.12. The Labute approximate surface area is 132 Å². The maximum Gasteiger partial charge on any atom is 0.169 e. The Balaban J connectivity index is 1.95. The molecule has 0 saturated heterocycles. The summed E-state index contributed by atoms with van der Waals surface area (Å²) in [5.41, 5.74) is 1.46. The molecule has 0 fully saturated rings. The molecule has 1 aromatic heterocycles. The van der Waals surface area contributed by atoms with Gasteiger partial charge >= 0.3 is 0 Å². The second-order valence-corrected chi connectivity index (χ2v) is 5.57. The highest BCUT2D eigenvalue weighted by Crippen LogP contribution is 2.24. The van der Waals surface area contributed by atoms with Gasteiger partial charge in [-0.2, -0.15) is 0 Å². The molecule has 4 heteroatoms. The number of halogens is 2. The van der Waals surface area contributed by atoms with Crippen LogP contribution in [0.4, 0.5) is 0 Å². The summed E-state index contributed by atoms with van der Waals surface area (Å²) in [4.78, 5) is 16.6. The maximum atomic E-state index is 12.5. The highest BCUT2D eigenvalue weighted by molar-refractivity contribution is 6.42. The molecule has 0 radical (unpaired) electrons. The van der Waals surface area contributed by atoms with Gasteiger partial charge in [0.2, 0.25) is 0 Å². The van der Waals surface area contributed by atoms with E-state index < -0.39 is 0 Å². The van der Waals surface area contributed by atoms with Crippen LogP contribution >= 0.6 is 23.2 Å². The van der Waals surface area contributed by atoms with E-state index in [2.05, 4.69) is 4.98 Å². The van der Waals surface area contributed by atoms with E-state index in [-0.39, 0.29) is 12.2 Å². The van der Waals surface area contributed by atoms with Crippen LogP contribution in [0, 0.1) is 0 Å². The molecule has 104 valence electrons. The van der Waals surface area contributed by atoms with Gasteiger partial charge in [-0.25, -0.2) is 0 Å². The van der Waals surface area contributed by atoms with Crippen molar-refractivity contribution in [3.63, 3.8) is 0 Å². The zero-order valence-corrected chi connectivity index (χ0v) is 12.5. The minimum absolute atomic E-state index is 0.0117. The number of fused-ring (bicyclic) bond motifs is 1. The number of aromatic nitrogens is 1. The van der Waals surface area contributed by atoms with Gasteiger partial charge in [-0.15, -0.1) is 0 Å². The maximum absolute atomic E-state index is 12.5. The van der Waals surface area contributed by atoms with E-state index in [0.29, 0.717) is 15.6 Å². The molecule has 0 spiro atoms. The van der Waals surface area contributed by atoms with Crippen LogP contribution in [-0.2, 0) is 6.42 Å². The summed E-state index contributed by atoms with van der Waals surface area (Å²) in [7, 11) is 0. The zero-order valence-electron chi connectivity index (χ0n) is 11.0. The topological polar surface area (TPSA) is 30.0 Å².